The highest BCUT2D eigenvalue weighted by atomic mass is 79.9. The van der Waals surface area contributed by atoms with Crippen molar-refractivity contribution in [1.29, 1.82) is 0 Å². The molecule has 9 heteroatoms. The van der Waals surface area contributed by atoms with Gasteiger partial charge < -0.3 is 19.8 Å². The Hall–Kier alpha value is -3.33. The molecule has 3 N–H and O–H groups in total. The first kappa shape index (κ1) is 17.1. The van der Waals surface area contributed by atoms with Crippen LogP contribution in [0.15, 0.2) is 55.6 Å². The number of phenols is 1. The van der Waals surface area contributed by atoms with Crippen molar-refractivity contribution < 1.29 is 9.84 Å². The predicted octanol–water partition coefficient (Wildman–Crippen LogP) is 2.53. The van der Waals surface area contributed by atoms with Crippen molar-refractivity contribution in [1.82, 2.24) is 14.6 Å². The number of rotatable bonds is 3. The predicted molar refractivity (Wildman–Crippen MR) is 106 cm³/mol. The van der Waals surface area contributed by atoms with Crippen LogP contribution in [-0.4, -0.2) is 33.1 Å². The van der Waals surface area contributed by atoms with E-state index in [1.807, 2.05) is 0 Å². The van der Waals surface area contributed by atoms with E-state index in [9.17, 15) is 14.7 Å². The lowest BCUT2D eigenvalue weighted by atomic mass is 10.2. The smallest absolute Gasteiger partial charge is 0.350 e. The molecular weight excluding hydrogens is 416 g/mol. The van der Waals surface area contributed by atoms with Crippen LogP contribution in [0.1, 0.15) is 5.56 Å². The number of phenolic OH excluding ortho intramolecular Hbond substituents is 1. The van der Waals surface area contributed by atoms with Crippen LogP contribution in [-0.2, 0) is 0 Å². The summed E-state index contributed by atoms with van der Waals surface area (Å²) in [7, 11) is 1.55. The van der Waals surface area contributed by atoms with E-state index in [1.54, 1.807) is 43.5 Å². The third-order valence-electron chi connectivity index (χ3n) is 4.17. The highest BCUT2D eigenvalue weighted by Crippen LogP contribution is 2.26. The van der Waals surface area contributed by atoms with Crippen molar-refractivity contribution in [2.24, 2.45) is 5.10 Å². The number of ether oxygens (including phenoxy) is 1. The molecule has 2 aromatic heterocycles. The molecule has 0 aliphatic rings. The van der Waals surface area contributed by atoms with E-state index in [2.05, 4.69) is 31.0 Å². The molecule has 136 valence electrons. The number of methoxy groups -OCH3 is 1. The highest BCUT2D eigenvalue weighted by molar-refractivity contribution is 9.10. The largest absolute Gasteiger partial charge is 0.506 e. The Morgan fingerprint density at radius 1 is 1.19 bits per heavy atom. The molecule has 0 aliphatic heterocycles. The Morgan fingerprint density at radius 2 is 2.00 bits per heavy atom. The fraction of sp³-hybridized carbons (Fsp3) is 0.0556. The van der Waals surface area contributed by atoms with Gasteiger partial charge in [-0.15, -0.1) is 4.68 Å². The molecule has 0 saturated carbocycles. The minimum absolute atomic E-state index is 0.0375. The molecule has 0 fully saturated rings. The monoisotopic (exact) mass is 428 g/mol. The number of fused-ring (bicyclic) bond motifs is 3. The Balaban J connectivity index is 1.90. The summed E-state index contributed by atoms with van der Waals surface area (Å²) in [5, 5.41) is 14.6. The van der Waals surface area contributed by atoms with Crippen LogP contribution in [0.25, 0.3) is 21.9 Å². The summed E-state index contributed by atoms with van der Waals surface area (Å²) in [6.45, 7) is 0. The zero-order valence-electron chi connectivity index (χ0n) is 14.0. The van der Waals surface area contributed by atoms with Gasteiger partial charge in [0.2, 0.25) is 0 Å². The molecule has 2 aromatic carbocycles. The van der Waals surface area contributed by atoms with E-state index in [-0.39, 0.29) is 11.3 Å². The number of nitrogens with one attached hydrogen (secondary N) is 2. The summed E-state index contributed by atoms with van der Waals surface area (Å²) < 4.78 is 6.36. The fourth-order valence-corrected chi connectivity index (χ4v) is 3.19. The zero-order chi connectivity index (χ0) is 19.1. The number of aromatic amines is 2. The van der Waals surface area contributed by atoms with Crippen molar-refractivity contribution in [2.45, 2.75) is 0 Å². The Kier molecular flexibility index (Phi) is 4.08. The van der Waals surface area contributed by atoms with Crippen molar-refractivity contribution >= 4 is 44.1 Å². The van der Waals surface area contributed by atoms with Gasteiger partial charge in [0, 0.05) is 17.0 Å². The second kappa shape index (κ2) is 6.44. The van der Waals surface area contributed by atoms with Gasteiger partial charge in [-0.25, -0.2) is 4.79 Å². The number of aromatic hydroxyl groups is 1. The second-order valence-corrected chi connectivity index (χ2v) is 6.61. The Labute approximate surface area is 159 Å². The van der Waals surface area contributed by atoms with Gasteiger partial charge in [0.05, 0.1) is 28.8 Å². The summed E-state index contributed by atoms with van der Waals surface area (Å²) in [4.78, 5) is 30.8. The first-order valence-electron chi connectivity index (χ1n) is 7.86. The van der Waals surface area contributed by atoms with Gasteiger partial charge in [-0.05, 0) is 40.2 Å². The number of benzene rings is 2. The number of aromatic nitrogens is 3. The van der Waals surface area contributed by atoms with E-state index < -0.39 is 11.2 Å². The average molecular weight is 429 g/mol. The van der Waals surface area contributed by atoms with E-state index in [0.29, 0.717) is 36.9 Å². The summed E-state index contributed by atoms with van der Waals surface area (Å²) in [5.41, 5.74) is 0.345. The molecule has 4 aromatic rings. The summed E-state index contributed by atoms with van der Waals surface area (Å²) >= 11 is 3.20. The first-order chi connectivity index (χ1) is 13.0. The molecule has 27 heavy (non-hydrogen) atoms. The maximum atomic E-state index is 12.7. The van der Waals surface area contributed by atoms with E-state index in [0.717, 1.165) is 0 Å². The lowest BCUT2D eigenvalue weighted by molar-refractivity contribution is 0.415. The minimum atomic E-state index is -0.685. The average Bonchev–Trinajstić information content (AvgIpc) is 3.02. The number of H-pyrrole nitrogens is 2. The third-order valence-corrected chi connectivity index (χ3v) is 4.81. The topological polar surface area (TPSA) is 112 Å². The molecular formula is C18H13BrN4O4. The molecule has 0 aliphatic carbocycles. The SMILES string of the molecule is COc1ccc2c(c1)[nH]c1c(=O)n(/N=C/c3cccc(Br)c3O)c(=O)[nH]c12. The molecule has 0 unspecified atom stereocenters. The lowest BCUT2D eigenvalue weighted by Crippen LogP contribution is -2.32. The molecule has 2 heterocycles. The third kappa shape index (κ3) is 2.81. The molecule has 0 radical (unpaired) electrons. The molecule has 0 atom stereocenters. The Bertz CT molecular complexity index is 1330. The van der Waals surface area contributed by atoms with Crippen LogP contribution >= 0.6 is 15.9 Å². The number of halogens is 1. The van der Waals surface area contributed by atoms with Gasteiger partial charge in [-0.1, -0.05) is 6.07 Å². The Morgan fingerprint density at radius 3 is 2.78 bits per heavy atom. The van der Waals surface area contributed by atoms with E-state index in [1.165, 1.54) is 6.21 Å². The molecule has 0 spiro atoms. The summed E-state index contributed by atoms with van der Waals surface area (Å²) in [6, 6.07) is 10.2. The van der Waals surface area contributed by atoms with Crippen LogP contribution in [0.3, 0.4) is 0 Å². The van der Waals surface area contributed by atoms with Gasteiger partial charge in [0.15, 0.2) is 0 Å². The number of para-hydroxylation sites is 1. The van der Waals surface area contributed by atoms with Crippen LogP contribution in [0.4, 0.5) is 0 Å². The minimum Gasteiger partial charge on any atom is -0.506 e. The van der Waals surface area contributed by atoms with Crippen LogP contribution in [0, 0.1) is 0 Å². The molecule has 0 amide bonds. The van der Waals surface area contributed by atoms with E-state index in [4.69, 9.17) is 4.74 Å². The van der Waals surface area contributed by atoms with Crippen molar-refractivity contribution in [2.75, 3.05) is 7.11 Å². The van der Waals surface area contributed by atoms with Crippen LogP contribution in [0.2, 0.25) is 0 Å². The second-order valence-electron chi connectivity index (χ2n) is 5.76. The van der Waals surface area contributed by atoms with Crippen molar-refractivity contribution in [3.8, 4) is 11.5 Å². The fourth-order valence-electron chi connectivity index (χ4n) is 2.81. The van der Waals surface area contributed by atoms with Gasteiger partial charge in [0.25, 0.3) is 0 Å². The van der Waals surface area contributed by atoms with Gasteiger partial charge >= 0.3 is 11.2 Å². The van der Waals surface area contributed by atoms with Gasteiger partial charge in [-0.3, -0.25) is 4.79 Å². The standard InChI is InChI=1S/C18H13BrN4O4/c1-27-10-5-6-11-13(7-10)21-15-14(11)22-18(26)23(17(15)25)20-8-9-3-2-4-12(19)16(9)24/h2-8,21,24H,1H3,(H,22,26)/b20-8+. The molecule has 4 rings (SSSR count). The zero-order valence-corrected chi connectivity index (χ0v) is 15.6. The normalized spacial score (nSPS) is 11.6. The molecule has 8 nitrogen and oxygen atoms in total. The maximum Gasteiger partial charge on any atom is 0.350 e. The van der Waals surface area contributed by atoms with Gasteiger partial charge in [0.1, 0.15) is 17.0 Å². The lowest BCUT2D eigenvalue weighted by Gasteiger charge is -2.01. The van der Waals surface area contributed by atoms with Gasteiger partial charge in [-0.2, -0.15) is 5.10 Å². The first-order valence-corrected chi connectivity index (χ1v) is 8.65. The maximum absolute atomic E-state index is 12.7. The summed E-state index contributed by atoms with van der Waals surface area (Å²) in [6.07, 6.45) is 1.24. The van der Waals surface area contributed by atoms with Crippen molar-refractivity contribution in [3.05, 3.63) is 67.3 Å². The highest BCUT2D eigenvalue weighted by Gasteiger charge is 2.13. The van der Waals surface area contributed by atoms with Crippen LogP contribution < -0.4 is 16.0 Å². The van der Waals surface area contributed by atoms with Crippen molar-refractivity contribution in [3.63, 3.8) is 0 Å². The van der Waals surface area contributed by atoms with E-state index >= 15 is 0 Å². The molecule has 0 bridgehead atoms. The summed E-state index contributed by atoms with van der Waals surface area (Å²) in [5.74, 6) is 0.587. The number of hydrogen-bond acceptors (Lipinski definition) is 5. The number of nitrogens with zero attached hydrogens (tertiary/aromatic N) is 2. The molecule has 0 saturated heterocycles. The quantitative estimate of drug-likeness (QED) is 0.435. The van der Waals surface area contributed by atoms with Crippen LogP contribution in [0.5, 0.6) is 11.5 Å². The number of hydrogen-bond donors (Lipinski definition) is 3.